The fourth-order valence-electron chi connectivity index (χ4n) is 3.06. The number of halogens is 5. The summed E-state index contributed by atoms with van der Waals surface area (Å²) >= 11 is 5.98. The Kier molecular flexibility index (Phi) is 5.79. The van der Waals surface area contributed by atoms with Crippen LogP contribution in [0.2, 0.25) is 5.02 Å². The van der Waals surface area contributed by atoms with Crippen LogP contribution in [0.15, 0.2) is 48.8 Å². The van der Waals surface area contributed by atoms with E-state index in [2.05, 4.69) is 20.3 Å². The lowest BCUT2D eigenvalue weighted by atomic mass is 10.0. The molecule has 4 rings (SSSR count). The molecule has 3 aromatic heterocycles. The number of nitrogens with two attached hydrogens (primary N) is 2. The molecule has 9 nitrogen and oxygen atoms in total. The van der Waals surface area contributed by atoms with Gasteiger partial charge < -0.3 is 16.2 Å². The van der Waals surface area contributed by atoms with Gasteiger partial charge in [-0.3, -0.25) is 4.79 Å². The van der Waals surface area contributed by atoms with Gasteiger partial charge in [-0.15, -0.1) is 5.10 Å². The lowest BCUT2D eigenvalue weighted by molar-refractivity contribution is -0.143. The Morgan fingerprint density at radius 1 is 1.12 bits per heavy atom. The molecule has 0 spiro atoms. The number of benzene rings is 1. The summed E-state index contributed by atoms with van der Waals surface area (Å²) in [5, 5.41) is 10.9. The molecule has 4 aromatic rings. The molecular weight excluding hydrogens is 482 g/mol. The molecule has 0 aliphatic carbocycles. The van der Waals surface area contributed by atoms with Gasteiger partial charge in [-0.1, -0.05) is 11.6 Å². The zero-order chi connectivity index (χ0) is 24.6. The topological polar surface area (TPSA) is 135 Å². The predicted octanol–water partition coefficient (Wildman–Crippen LogP) is 4.01. The molecule has 4 N–H and O–H groups in total. The van der Waals surface area contributed by atoms with E-state index in [1.165, 1.54) is 36.7 Å². The van der Waals surface area contributed by atoms with Crippen LogP contribution in [0.5, 0.6) is 11.5 Å². The molecule has 0 fully saturated rings. The zero-order valence-corrected chi connectivity index (χ0v) is 17.5. The smallest absolute Gasteiger partial charge is 0.434 e. The second-order valence-corrected chi connectivity index (χ2v) is 7.06. The van der Waals surface area contributed by atoms with E-state index in [1.807, 2.05) is 0 Å². The minimum absolute atomic E-state index is 0.00456. The normalized spacial score (nSPS) is 11.4. The van der Waals surface area contributed by atoms with Crippen LogP contribution >= 0.6 is 11.6 Å². The lowest BCUT2D eigenvalue weighted by Gasteiger charge is -2.11. The van der Waals surface area contributed by atoms with Crippen LogP contribution in [0, 0.1) is 5.82 Å². The number of rotatable bonds is 5. The number of alkyl halides is 3. The van der Waals surface area contributed by atoms with E-state index in [-0.39, 0.29) is 33.7 Å². The third-order valence-electron chi connectivity index (χ3n) is 4.48. The van der Waals surface area contributed by atoms with Gasteiger partial charge in [0.1, 0.15) is 16.5 Å². The SMILES string of the molecule is NC(=O)c1c(-c2ccc(Oc3ccnc(N)c3Cl)c(F)c2)nn(-c2cccnn2)c1C(F)(F)F. The summed E-state index contributed by atoms with van der Waals surface area (Å²) in [6.45, 7) is 0. The van der Waals surface area contributed by atoms with Crippen molar-refractivity contribution in [2.75, 3.05) is 5.73 Å². The second kappa shape index (κ2) is 8.59. The molecule has 0 aliphatic heterocycles. The van der Waals surface area contributed by atoms with Gasteiger partial charge in [0.05, 0.1) is 5.56 Å². The second-order valence-electron chi connectivity index (χ2n) is 6.68. The largest absolute Gasteiger partial charge is 0.453 e. The molecule has 0 unspecified atom stereocenters. The van der Waals surface area contributed by atoms with Crippen LogP contribution in [-0.4, -0.2) is 30.9 Å². The number of nitrogen functional groups attached to an aromatic ring is 1. The minimum Gasteiger partial charge on any atom is -0.453 e. The van der Waals surface area contributed by atoms with Crippen LogP contribution < -0.4 is 16.2 Å². The van der Waals surface area contributed by atoms with E-state index >= 15 is 0 Å². The molecule has 34 heavy (non-hydrogen) atoms. The van der Waals surface area contributed by atoms with Gasteiger partial charge in [-0.05, 0) is 30.3 Å². The van der Waals surface area contributed by atoms with E-state index in [0.717, 1.165) is 12.1 Å². The summed E-state index contributed by atoms with van der Waals surface area (Å²) < 4.78 is 62.3. The first kappa shape index (κ1) is 22.9. The highest BCUT2D eigenvalue weighted by Gasteiger charge is 2.43. The fraction of sp³-hybridized carbons (Fsp3) is 0.0500. The highest BCUT2D eigenvalue weighted by Crippen LogP contribution is 2.39. The molecule has 3 heterocycles. The van der Waals surface area contributed by atoms with Gasteiger partial charge in [0, 0.05) is 24.0 Å². The monoisotopic (exact) mass is 493 g/mol. The number of anilines is 1. The van der Waals surface area contributed by atoms with Crippen molar-refractivity contribution in [2.45, 2.75) is 6.18 Å². The van der Waals surface area contributed by atoms with Gasteiger partial charge in [0.25, 0.3) is 5.91 Å². The molecule has 1 aromatic carbocycles. The van der Waals surface area contributed by atoms with Crippen molar-refractivity contribution in [1.82, 2.24) is 25.0 Å². The first-order valence-electron chi connectivity index (χ1n) is 9.23. The molecule has 0 saturated heterocycles. The number of aromatic nitrogens is 5. The summed E-state index contributed by atoms with van der Waals surface area (Å²) in [6, 6.07) is 7.03. The maximum Gasteiger partial charge on any atom is 0.434 e. The van der Waals surface area contributed by atoms with Crippen molar-refractivity contribution in [1.29, 1.82) is 0 Å². The number of nitrogens with zero attached hydrogens (tertiary/aromatic N) is 5. The third-order valence-corrected chi connectivity index (χ3v) is 4.86. The number of hydrogen-bond acceptors (Lipinski definition) is 7. The molecule has 0 saturated carbocycles. The molecule has 0 aliphatic rings. The Balaban J connectivity index is 1.84. The molecule has 0 radical (unpaired) electrons. The summed E-state index contributed by atoms with van der Waals surface area (Å²) in [7, 11) is 0. The predicted molar refractivity (Wildman–Crippen MR) is 112 cm³/mol. The van der Waals surface area contributed by atoms with Gasteiger partial charge in [0.15, 0.2) is 28.8 Å². The van der Waals surface area contributed by atoms with E-state index in [0.29, 0.717) is 4.68 Å². The molecular formula is C20H12ClF4N7O2. The summed E-state index contributed by atoms with van der Waals surface area (Å²) in [5.74, 6) is -3.09. The number of carbonyl (C=O) groups is 1. The Bertz CT molecular complexity index is 1390. The maximum atomic E-state index is 14.8. The molecule has 14 heteroatoms. The number of pyridine rings is 1. The first-order chi connectivity index (χ1) is 16.1. The van der Waals surface area contributed by atoms with E-state index in [1.54, 1.807) is 0 Å². The number of amides is 1. The van der Waals surface area contributed by atoms with Crippen LogP contribution in [0.1, 0.15) is 16.1 Å². The van der Waals surface area contributed by atoms with Crippen molar-refractivity contribution in [3.63, 3.8) is 0 Å². The maximum absolute atomic E-state index is 14.8. The van der Waals surface area contributed by atoms with Crippen molar-refractivity contribution in [2.24, 2.45) is 5.73 Å². The van der Waals surface area contributed by atoms with E-state index in [9.17, 15) is 22.4 Å². The van der Waals surface area contributed by atoms with Crippen molar-refractivity contribution < 1.29 is 27.1 Å². The number of carbonyl (C=O) groups excluding carboxylic acids is 1. The van der Waals surface area contributed by atoms with Crippen LogP contribution in [0.25, 0.3) is 17.1 Å². The quantitative estimate of drug-likeness (QED) is 0.401. The highest BCUT2D eigenvalue weighted by molar-refractivity contribution is 6.34. The van der Waals surface area contributed by atoms with E-state index in [4.69, 9.17) is 27.8 Å². The third kappa shape index (κ3) is 4.20. The zero-order valence-electron chi connectivity index (χ0n) is 16.7. The molecule has 0 bridgehead atoms. The van der Waals surface area contributed by atoms with Crippen LogP contribution in [0.4, 0.5) is 23.4 Å². The minimum atomic E-state index is -5.05. The van der Waals surface area contributed by atoms with Crippen LogP contribution in [-0.2, 0) is 6.18 Å². The summed E-state index contributed by atoms with van der Waals surface area (Å²) in [5.41, 5.74) is 7.72. The van der Waals surface area contributed by atoms with Gasteiger partial charge in [0.2, 0.25) is 0 Å². The van der Waals surface area contributed by atoms with Gasteiger partial charge >= 0.3 is 6.18 Å². The summed E-state index contributed by atoms with van der Waals surface area (Å²) in [4.78, 5) is 15.8. The van der Waals surface area contributed by atoms with Crippen LogP contribution in [0.3, 0.4) is 0 Å². The number of hydrogen-bond donors (Lipinski definition) is 2. The highest BCUT2D eigenvalue weighted by atomic mass is 35.5. The van der Waals surface area contributed by atoms with Gasteiger partial charge in [-0.2, -0.15) is 23.4 Å². The summed E-state index contributed by atoms with van der Waals surface area (Å²) in [6.07, 6.45) is -2.51. The Labute approximate surface area is 192 Å². The Morgan fingerprint density at radius 3 is 2.50 bits per heavy atom. The lowest BCUT2D eigenvalue weighted by Crippen LogP contribution is -2.21. The molecule has 174 valence electrons. The van der Waals surface area contributed by atoms with E-state index < -0.39 is 34.9 Å². The van der Waals surface area contributed by atoms with Crippen molar-refractivity contribution in [3.05, 3.63) is 70.9 Å². The van der Waals surface area contributed by atoms with Gasteiger partial charge in [-0.25, -0.2) is 14.1 Å². The van der Waals surface area contributed by atoms with Crippen molar-refractivity contribution >= 4 is 23.3 Å². The first-order valence-corrected chi connectivity index (χ1v) is 9.61. The standard InChI is InChI=1S/C20H12ClF4N7O2/c21-15-12(5-7-28-18(15)26)34-11-4-3-9(8-10(11)22)16-14(19(27)33)17(20(23,24)25)32(31-16)13-2-1-6-29-30-13/h1-8H,(H2,26,28)(H2,27,33). The average molecular weight is 494 g/mol. The number of ether oxygens (including phenoxy) is 1. The number of primary amides is 1. The molecule has 0 atom stereocenters. The Hall–Kier alpha value is -4.26. The Morgan fingerprint density at radius 2 is 1.88 bits per heavy atom. The molecule has 1 amide bonds. The van der Waals surface area contributed by atoms with Crippen molar-refractivity contribution in [3.8, 4) is 28.6 Å². The average Bonchev–Trinajstić information content (AvgIpc) is 3.20. The fourth-order valence-corrected chi connectivity index (χ4v) is 3.21.